The zero-order valence-electron chi connectivity index (χ0n) is 29.5. The van der Waals surface area contributed by atoms with Crippen LogP contribution in [0.5, 0.6) is 5.75 Å². The number of amides is 3. The van der Waals surface area contributed by atoms with Crippen LogP contribution in [-0.2, 0) is 44.2 Å². The number of carbonyl (C=O) groups excluding carboxylic acids is 3. The number of carbonyl (C=O) groups is 3. The molecule has 52 heavy (non-hydrogen) atoms. The molecule has 9 nitrogen and oxygen atoms in total. The fourth-order valence-electron chi connectivity index (χ4n) is 9.01. The first-order valence-electron chi connectivity index (χ1n) is 17.9. The molecule has 1 N–H and O–H groups in total. The molecule has 0 unspecified atom stereocenters. The molecule has 1 spiro atoms. The molecule has 0 aromatic heterocycles. The van der Waals surface area contributed by atoms with E-state index in [1.807, 2.05) is 97.9 Å². The van der Waals surface area contributed by atoms with Crippen LogP contribution in [0.25, 0.3) is 0 Å². The number of benzene rings is 4. The van der Waals surface area contributed by atoms with Crippen molar-refractivity contribution in [2.24, 2.45) is 5.92 Å². The first-order valence-corrected chi connectivity index (χ1v) is 20.9. The first-order chi connectivity index (χ1) is 25.0. The minimum absolute atomic E-state index is 0.133. The Balaban J connectivity index is 1.21. The normalized spacial score (nSPS) is 25.2. The van der Waals surface area contributed by atoms with E-state index < -0.39 is 37.6 Å². The number of hydrogen-bond acceptors (Lipinski definition) is 6. The highest BCUT2D eigenvalue weighted by atomic mass is 28.4. The summed E-state index contributed by atoms with van der Waals surface area (Å²) in [5, 5.41) is 10.3. The molecule has 8 rings (SSSR count). The number of para-hydroxylation sites is 2. The summed E-state index contributed by atoms with van der Waals surface area (Å²) in [6.45, 7) is 5.35. The molecule has 0 bridgehead atoms. The van der Waals surface area contributed by atoms with E-state index in [-0.39, 0.29) is 43.9 Å². The van der Waals surface area contributed by atoms with Gasteiger partial charge in [0.15, 0.2) is 12.2 Å². The van der Waals surface area contributed by atoms with Crippen molar-refractivity contribution in [1.29, 1.82) is 0 Å². The van der Waals surface area contributed by atoms with E-state index in [9.17, 15) is 14.7 Å². The van der Waals surface area contributed by atoms with Gasteiger partial charge in [0.1, 0.15) is 5.75 Å². The van der Waals surface area contributed by atoms with Crippen LogP contribution in [0.15, 0.2) is 97.1 Å². The molecule has 1 fully saturated rings. The maximum Gasteiger partial charge on any atom is 0.269 e. The molecular weight excluding hydrogens is 678 g/mol. The van der Waals surface area contributed by atoms with Crippen molar-refractivity contribution in [2.75, 3.05) is 23.0 Å². The lowest BCUT2D eigenvalue weighted by atomic mass is 9.82. The Hall–Kier alpha value is -4.84. The second-order valence-electron chi connectivity index (χ2n) is 14.9. The Labute approximate surface area is 303 Å². The van der Waals surface area contributed by atoms with Crippen molar-refractivity contribution >= 4 is 43.2 Å². The van der Waals surface area contributed by atoms with Crippen LogP contribution < -0.4 is 14.5 Å². The second-order valence-corrected chi connectivity index (χ2v) is 18.7. The summed E-state index contributed by atoms with van der Waals surface area (Å²) in [5.41, 5.74) is 2.99. The van der Waals surface area contributed by atoms with Gasteiger partial charge in [-0.15, -0.1) is 0 Å². The van der Waals surface area contributed by atoms with E-state index in [4.69, 9.17) is 9.47 Å². The maximum absolute atomic E-state index is 16.7. The molecule has 4 heterocycles. The average molecular weight is 720 g/mol. The lowest BCUT2D eigenvalue weighted by molar-refractivity contribution is -0.151. The smallest absolute Gasteiger partial charge is 0.269 e. The summed E-state index contributed by atoms with van der Waals surface area (Å²) in [7, 11) is -3.59. The van der Waals surface area contributed by atoms with Crippen LogP contribution in [0, 0.1) is 5.92 Å². The van der Waals surface area contributed by atoms with Gasteiger partial charge in [-0.3, -0.25) is 19.3 Å². The van der Waals surface area contributed by atoms with Crippen LogP contribution in [0.1, 0.15) is 35.6 Å². The third-order valence-corrected chi connectivity index (χ3v) is 13.8. The molecule has 4 aromatic carbocycles. The Morgan fingerprint density at radius 1 is 0.942 bits per heavy atom. The van der Waals surface area contributed by atoms with E-state index in [1.54, 1.807) is 33.9 Å². The fraction of sp³-hybridized carbons (Fsp3) is 0.341. The number of halogens is 1. The predicted octanol–water partition coefficient (Wildman–Crippen LogP) is 6.40. The highest BCUT2D eigenvalue weighted by molar-refractivity contribution is 6.72. The van der Waals surface area contributed by atoms with Crippen molar-refractivity contribution in [3.63, 3.8) is 0 Å². The van der Waals surface area contributed by atoms with Crippen molar-refractivity contribution < 1.29 is 33.1 Å². The first kappa shape index (κ1) is 34.3. The molecule has 4 aliphatic rings. The summed E-state index contributed by atoms with van der Waals surface area (Å²) in [6.07, 6.45) is -0.510. The van der Waals surface area contributed by atoms with Gasteiger partial charge in [-0.05, 0) is 66.5 Å². The van der Waals surface area contributed by atoms with Crippen LogP contribution in [-0.4, -0.2) is 61.5 Å². The van der Waals surface area contributed by atoms with E-state index in [0.717, 1.165) is 16.7 Å². The van der Waals surface area contributed by atoms with Crippen molar-refractivity contribution in [1.82, 2.24) is 4.90 Å². The van der Waals surface area contributed by atoms with Gasteiger partial charge in [-0.25, -0.2) is 0 Å². The van der Waals surface area contributed by atoms with Gasteiger partial charge >= 0.3 is 0 Å². The number of fused-ring (bicyclic) bond motifs is 4. The summed E-state index contributed by atoms with van der Waals surface area (Å²) in [4.78, 5) is 47.7. The summed E-state index contributed by atoms with van der Waals surface area (Å²) < 4.78 is 29.4. The van der Waals surface area contributed by atoms with Gasteiger partial charge in [0, 0.05) is 29.3 Å². The van der Waals surface area contributed by atoms with Crippen molar-refractivity contribution in [3.8, 4) is 5.75 Å². The molecule has 5 atom stereocenters. The zero-order chi connectivity index (χ0) is 36.4. The number of nitrogens with zero attached hydrogens (tertiary/aromatic N) is 3. The average Bonchev–Trinajstić information content (AvgIpc) is 3.56. The van der Waals surface area contributed by atoms with Crippen LogP contribution in [0.4, 0.5) is 21.2 Å². The highest BCUT2D eigenvalue weighted by Crippen LogP contribution is 2.61. The monoisotopic (exact) mass is 719 g/mol. The molecule has 3 amide bonds. The molecule has 0 aliphatic carbocycles. The van der Waals surface area contributed by atoms with E-state index in [1.165, 1.54) is 0 Å². The van der Waals surface area contributed by atoms with Gasteiger partial charge in [0.05, 0.1) is 43.1 Å². The number of hydrogen-bond donors (Lipinski definition) is 1. The lowest BCUT2D eigenvalue weighted by Crippen LogP contribution is -2.48. The molecule has 0 radical (unpaired) electrons. The van der Waals surface area contributed by atoms with E-state index in [0.29, 0.717) is 41.3 Å². The van der Waals surface area contributed by atoms with Crippen molar-refractivity contribution in [2.45, 2.75) is 69.2 Å². The van der Waals surface area contributed by atoms with Crippen LogP contribution in [0.3, 0.4) is 0 Å². The number of anilines is 3. The maximum atomic E-state index is 16.7. The van der Waals surface area contributed by atoms with E-state index >= 15 is 8.90 Å². The van der Waals surface area contributed by atoms with Crippen LogP contribution >= 0.6 is 0 Å². The summed E-state index contributed by atoms with van der Waals surface area (Å²) >= 11 is 0. The second kappa shape index (κ2) is 13.0. The number of rotatable bonds is 7. The molecule has 4 aromatic rings. The number of ether oxygens (including phenoxy) is 2. The van der Waals surface area contributed by atoms with Crippen molar-refractivity contribution in [3.05, 3.63) is 119 Å². The molecule has 11 heteroatoms. The zero-order valence-corrected chi connectivity index (χ0v) is 30.5. The molecule has 0 saturated carbocycles. The number of aliphatic hydroxyl groups is 1. The molecular formula is C41H42FN3O6Si. The van der Waals surface area contributed by atoms with Crippen LogP contribution in [0.2, 0.25) is 18.6 Å². The SMILES string of the molecule is C[C@@H]1[C@@H]([Si](C)(C)F)[C@H](CC(=O)N2Cc3ccccc3C[C@H]2CO)O[C@@]12C(=O)N(Cc1ccccc1)c1ccc(N3C(=O)COc4ccccc43)cc12. The quantitative estimate of drug-likeness (QED) is 0.175. The summed E-state index contributed by atoms with van der Waals surface area (Å²) in [5.74, 6) is -0.901. The molecule has 4 aliphatic heterocycles. The third-order valence-electron chi connectivity index (χ3n) is 11.4. The van der Waals surface area contributed by atoms with Gasteiger partial charge in [0.25, 0.3) is 11.8 Å². The Morgan fingerprint density at radius 3 is 2.40 bits per heavy atom. The largest absolute Gasteiger partial charge is 0.482 e. The summed E-state index contributed by atoms with van der Waals surface area (Å²) in [6, 6.07) is 29.9. The fourth-order valence-corrected chi connectivity index (χ4v) is 11.5. The number of aliphatic hydroxyl groups excluding tert-OH is 1. The van der Waals surface area contributed by atoms with Gasteiger partial charge in [-0.1, -0.05) is 73.7 Å². The van der Waals surface area contributed by atoms with E-state index in [2.05, 4.69) is 0 Å². The highest BCUT2D eigenvalue weighted by Gasteiger charge is 2.67. The van der Waals surface area contributed by atoms with Gasteiger partial charge < -0.3 is 28.5 Å². The molecule has 268 valence electrons. The minimum atomic E-state index is -3.59. The Morgan fingerprint density at radius 2 is 1.65 bits per heavy atom. The topological polar surface area (TPSA) is 99.6 Å². The minimum Gasteiger partial charge on any atom is -0.482 e. The standard InChI is InChI=1S/C41H42FN3O6Si/c1-26-39(52(2,3)42)36(21-37(47)43-23-29-14-8-7-13-28(29)19-31(43)24-46)51-41(26)32-20-30(45-34-15-9-10-16-35(34)50-25-38(45)48)17-18-33(32)44(40(41)49)22-27-11-5-4-6-12-27/h4-18,20,26,31,36,39,46H,19,21-25H2,1-3H3/t26-,31+,36+,39-,41+/m1/s1. The molecule has 1 saturated heterocycles. The van der Waals surface area contributed by atoms with Gasteiger partial charge in [-0.2, -0.15) is 0 Å². The Kier molecular flexibility index (Phi) is 8.55. The van der Waals surface area contributed by atoms with Gasteiger partial charge in [0.2, 0.25) is 14.3 Å². The predicted molar refractivity (Wildman–Crippen MR) is 197 cm³/mol. The lowest BCUT2D eigenvalue weighted by Gasteiger charge is -2.37. The Bertz CT molecular complexity index is 2060. The third kappa shape index (κ3) is 5.53.